The Hall–Kier alpha value is -2.16. The quantitative estimate of drug-likeness (QED) is 0.706. The van der Waals surface area contributed by atoms with Crippen molar-refractivity contribution in [1.29, 1.82) is 0 Å². The van der Waals surface area contributed by atoms with Crippen molar-refractivity contribution in [3.05, 3.63) is 51.9 Å². The van der Waals surface area contributed by atoms with Crippen molar-refractivity contribution in [3.8, 4) is 5.75 Å². The van der Waals surface area contributed by atoms with Crippen LogP contribution in [0.25, 0.3) is 0 Å². The Morgan fingerprint density at radius 3 is 2.54 bits per heavy atom. The number of halogens is 2. The van der Waals surface area contributed by atoms with Gasteiger partial charge < -0.3 is 19.9 Å². The fourth-order valence-corrected chi connectivity index (χ4v) is 5.74. The molecule has 2 aliphatic heterocycles. The monoisotopic (exact) mass is 467 g/mol. The molecule has 1 N–H and O–H groups in total. The van der Waals surface area contributed by atoms with Crippen LogP contribution in [-0.4, -0.2) is 47.7 Å². The summed E-state index contributed by atoms with van der Waals surface area (Å²) in [6.07, 6.45) is 0. The summed E-state index contributed by atoms with van der Waals surface area (Å²) in [4.78, 5) is 17.0. The number of piperazine rings is 1. The van der Waals surface area contributed by atoms with Crippen molar-refractivity contribution >= 4 is 41.6 Å². The molecule has 5 nitrogen and oxygen atoms in total. The van der Waals surface area contributed by atoms with Crippen LogP contribution in [0.1, 0.15) is 0 Å². The van der Waals surface area contributed by atoms with Gasteiger partial charge in [0.15, 0.2) is 0 Å². The summed E-state index contributed by atoms with van der Waals surface area (Å²) < 4.78 is 20.2. The molecule has 7 heteroatoms. The van der Waals surface area contributed by atoms with E-state index < -0.39 is 20.7 Å². The zero-order valence-corrected chi connectivity index (χ0v) is 16.5. The molecule has 1 fully saturated rings. The zero-order valence-electron chi connectivity index (χ0n) is 14.3. The number of carbonyl (C=O) groups excluding carboxylic acids is 1. The van der Waals surface area contributed by atoms with Crippen molar-refractivity contribution in [2.45, 2.75) is 0 Å². The Morgan fingerprint density at radius 1 is 1.12 bits per heavy atom. The van der Waals surface area contributed by atoms with Crippen molar-refractivity contribution in [2.24, 2.45) is 0 Å². The third kappa shape index (κ3) is 3.40. The minimum Gasteiger partial charge on any atom is -0.497 e. The minimum absolute atomic E-state index is 0.0591. The second kappa shape index (κ2) is 7.22. The molecule has 0 radical (unpaired) electrons. The number of hydrogen-bond acceptors (Lipinski definition) is 4. The van der Waals surface area contributed by atoms with E-state index in [1.54, 1.807) is 13.2 Å². The van der Waals surface area contributed by atoms with E-state index in [2.05, 4.69) is 10.2 Å². The average Bonchev–Trinajstić information content (AvgIpc) is 3.11. The van der Waals surface area contributed by atoms with Crippen LogP contribution in [0.4, 0.5) is 15.8 Å². The van der Waals surface area contributed by atoms with Gasteiger partial charge >= 0.3 is 0 Å². The van der Waals surface area contributed by atoms with E-state index >= 15 is 0 Å². The third-order valence-corrected chi connectivity index (χ3v) is 7.31. The molecular weight excluding hydrogens is 448 g/mol. The molecule has 2 aromatic carbocycles. The molecule has 1 saturated heterocycles. The van der Waals surface area contributed by atoms with Crippen LogP contribution in [0.3, 0.4) is 0 Å². The van der Waals surface area contributed by atoms with E-state index in [1.165, 1.54) is 12.1 Å². The Morgan fingerprint density at radius 2 is 1.85 bits per heavy atom. The smallest absolute Gasteiger partial charge is 0.276 e. The summed E-state index contributed by atoms with van der Waals surface area (Å²) in [5, 5.41) is 3.19. The van der Waals surface area contributed by atoms with Crippen molar-refractivity contribution in [1.82, 2.24) is 4.90 Å². The molecule has 4 rings (SSSR count). The van der Waals surface area contributed by atoms with E-state index in [4.69, 9.17) is 4.74 Å². The Labute approximate surface area is 161 Å². The van der Waals surface area contributed by atoms with Crippen LogP contribution >= 0.6 is 20.7 Å². The van der Waals surface area contributed by atoms with Crippen LogP contribution < -0.4 is 15.0 Å². The second-order valence-corrected chi connectivity index (χ2v) is 8.92. The number of nitrogens with zero attached hydrogens (tertiary/aromatic N) is 2. The maximum absolute atomic E-state index is 13.4. The average molecular weight is 467 g/mol. The molecule has 2 heterocycles. The van der Waals surface area contributed by atoms with Gasteiger partial charge in [-0.1, -0.05) is 20.7 Å². The SMILES string of the molecule is COc1ccc(N2CCN(C(=O)C3=Ic4cc(F)ccc4N3)CC2)cc1. The third-order valence-electron chi connectivity index (χ3n) is 4.56. The van der Waals surface area contributed by atoms with Crippen molar-refractivity contribution in [3.63, 3.8) is 0 Å². The number of fused-ring (bicyclic) bond motifs is 1. The molecule has 26 heavy (non-hydrogen) atoms. The van der Waals surface area contributed by atoms with Gasteiger partial charge in [0.1, 0.15) is 15.2 Å². The molecular formula is C19H19FIN3O2. The fraction of sp³-hybridized carbons (Fsp3) is 0.263. The van der Waals surface area contributed by atoms with E-state index in [1.807, 2.05) is 29.2 Å². The maximum Gasteiger partial charge on any atom is 0.276 e. The number of methoxy groups -OCH3 is 1. The van der Waals surface area contributed by atoms with Crippen LogP contribution in [0.15, 0.2) is 42.5 Å². The van der Waals surface area contributed by atoms with E-state index in [0.29, 0.717) is 13.1 Å². The van der Waals surface area contributed by atoms with Gasteiger partial charge in [-0.15, -0.1) is 0 Å². The van der Waals surface area contributed by atoms with Crippen molar-refractivity contribution in [2.75, 3.05) is 43.5 Å². The Bertz CT molecular complexity index is 862. The van der Waals surface area contributed by atoms with Crippen LogP contribution in [0, 0.1) is 9.39 Å². The van der Waals surface area contributed by atoms with Gasteiger partial charge in [-0.05, 0) is 42.5 Å². The number of nitrogens with one attached hydrogen (secondary N) is 1. The minimum atomic E-state index is -0.642. The standard InChI is InChI=1S/C19H19FIN3O2/c1-26-15-5-3-14(4-6-15)23-8-10-24(11-9-23)19(25)18-21-16-12-13(20)2-7-17(16)22-18/h2-7,12,22H,8-11H2,1H3. The first-order valence-corrected chi connectivity index (χ1v) is 10.6. The summed E-state index contributed by atoms with van der Waals surface area (Å²) in [5.74, 6) is 0.655. The number of hydrogen-bond donors (Lipinski definition) is 1. The Balaban J connectivity index is 1.39. The lowest BCUT2D eigenvalue weighted by molar-refractivity contribution is -0.124. The molecule has 0 aliphatic carbocycles. The van der Waals surface area contributed by atoms with Gasteiger partial charge in [-0.3, -0.25) is 4.79 Å². The zero-order chi connectivity index (χ0) is 18.1. The number of rotatable bonds is 3. The summed E-state index contributed by atoms with van der Waals surface area (Å²) in [5.41, 5.74) is 2.01. The van der Waals surface area contributed by atoms with Crippen LogP contribution in [-0.2, 0) is 4.79 Å². The first-order chi connectivity index (χ1) is 12.6. The largest absolute Gasteiger partial charge is 0.497 e. The van der Waals surface area contributed by atoms with Crippen LogP contribution in [0.2, 0.25) is 0 Å². The maximum atomic E-state index is 13.4. The first-order valence-electron chi connectivity index (χ1n) is 8.40. The topological polar surface area (TPSA) is 44.8 Å². The lowest BCUT2D eigenvalue weighted by Crippen LogP contribution is -2.51. The summed E-state index contributed by atoms with van der Waals surface area (Å²) in [6, 6.07) is 12.7. The van der Waals surface area contributed by atoms with E-state index in [-0.39, 0.29) is 11.7 Å². The first kappa shape index (κ1) is 17.3. The number of amides is 1. The van der Waals surface area contributed by atoms with E-state index in [0.717, 1.165) is 37.4 Å². The lowest BCUT2D eigenvalue weighted by Gasteiger charge is -2.36. The van der Waals surface area contributed by atoms with Crippen LogP contribution in [0.5, 0.6) is 5.75 Å². The second-order valence-electron chi connectivity index (χ2n) is 6.13. The highest BCUT2D eigenvalue weighted by Gasteiger charge is 2.27. The molecule has 136 valence electrons. The van der Waals surface area contributed by atoms with Gasteiger partial charge in [0.2, 0.25) is 0 Å². The highest BCUT2D eigenvalue weighted by molar-refractivity contribution is 14.2. The molecule has 2 aliphatic rings. The number of benzene rings is 2. The van der Waals surface area contributed by atoms with Gasteiger partial charge in [-0.2, -0.15) is 0 Å². The Kier molecular flexibility index (Phi) is 4.80. The molecule has 2 aromatic rings. The molecule has 1 amide bonds. The van der Waals surface area contributed by atoms with Gasteiger partial charge in [0, 0.05) is 35.4 Å². The van der Waals surface area contributed by atoms with Gasteiger partial charge in [-0.25, -0.2) is 4.39 Å². The molecule has 0 bridgehead atoms. The molecule has 0 saturated carbocycles. The molecule has 0 atom stereocenters. The molecule has 0 unspecified atom stereocenters. The number of ether oxygens (including phenoxy) is 1. The lowest BCUT2D eigenvalue weighted by atomic mass is 10.2. The normalized spacial score (nSPS) is 16.3. The molecule has 0 spiro atoms. The molecule has 0 aromatic heterocycles. The van der Waals surface area contributed by atoms with Crippen molar-refractivity contribution < 1.29 is 13.9 Å². The number of anilines is 2. The van der Waals surface area contributed by atoms with Gasteiger partial charge in [0.05, 0.1) is 12.8 Å². The predicted molar refractivity (Wildman–Crippen MR) is 110 cm³/mol. The van der Waals surface area contributed by atoms with E-state index in [9.17, 15) is 9.18 Å². The summed E-state index contributed by atoms with van der Waals surface area (Å²) >= 11 is -0.642. The van der Waals surface area contributed by atoms with Gasteiger partial charge in [0.25, 0.3) is 5.91 Å². The fourth-order valence-electron chi connectivity index (χ4n) is 3.11. The summed E-state index contributed by atoms with van der Waals surface area (Å²) in [6.45, 7) is 2.96. The number of carbonyl (C=O) groups is 1. The highest BCUT2D eigenvalue weighted by Crippen LogP contribution is 2.31. The highest BCUT2D eigenvalue weighted by atomic mass is 127. The predicted octanol–water partition coefficient (Wildman–Crippen LogP) is 2.88. The summed E-state index contributed by atoms with van der Waals surface area (Å²) in [7, 11) is 1.66.